The van der Waals surface area contributed by atoms with Crippen molar-refractivity contribution in [3.05, 3.63) is 30.3 Å². The molecule has 0 saturated carbocycles. The van der Waals surface area contributed by atoms with Gasteiger partial charge in [-0.2, -0.15) is 0 Å². The molecule has 0 radical (unpaired) electrons. The summed E-state index contributed by atoms with van der Waals surface area (Å²) in [5.74, 6) is 0. The van der Waals surface area contributed by atoms with Gasteiger partial charge < -0.3 is 5.32 Å². The monoisotopic (exact) mass is 167 g/mol. The van der Waals surface area contributed by atoms with Crippen molar-refractivity contribution >= 4 is 5.69 Å². The zero-order valence-corrected chi connectivity index (χ0v) is 8.46. The summed E-state index contributed by atoms with van der Waals surface area (Å²) in [4.78, 5) is 0. The van der Waals surface area contributed by atoms with Gasteiger partial charge in [-0.3, -0.25) is 0 Å². The van der Waals surface area contributed by atoms with Gasteiger partial charge >= 0.3 is 0 Å². The van der Waals surface area contributed by atoms with Crippen LogP contribution < -0.4 is 5.32 Å². The molecule has 1 aromatic carbocycles. The predicted molar refractivity (Wildman–Crippen MR) is 58.7 cm³/mol. The Balaban J connectivity index is 0. The molecule has 0 spiro atoms. The minimum absolute atomic E-state index is 0. The highest BCUT2D eigenvalue weighted by Crippen LogP contribution is 2.05. The average Bonchev–Trinajstić information content (AvgIpc) is 2.08. The molecule has 0 aliphatic rings. The van der Waals surface area contributed by atoms with Crippen molar-refractivity contribution < 1.29 is 1.43 Å². The van der Waals surface area contributed by atoms with Crippen LogP contribution in [0.1, 0.15) is 29.1 Å². The molecule has 12 heavy (non-hydrogen) atoms. The summed E-state index contributed by atoms with van der Waals surface area (Å²) in [6, 6.07) is 10.7. The van der Waals surface area contributed by atoms with Crippen molar-refractivity contribution in [2.24, 2.45) is 0 Å². The molecule has 0 saturated heterocycles. The molecule has 1 nitrogen and oxygen atoms in total. The van der Waals surface area contributed by atoms with Crippen LogP contribution in [0.3, 0.4) is 0 Å². The minimum atomic E-state index is 0. The number of benzene rings is 1. The molecule has 0 aromatic heterocycles. The third-order valence-corrected chi connectivity index (χ3v) is 1.23. The summed E-state index contributed by atoms with van der Waals surface area (Å²) in [6.45, 7) is 8.26. The van der Waals surface area contributed by atoms with Gasteiger partial charge in [0.25, 0.3) is 0 Å². The van der Waals surface area contributed by atoms with Crippen molar-refractivity contribution in [2.45, 2.75) is 33.7 Å². The first-order chi connectivity index (χ1) is 5.79. The smallest absolute Gasteiger partial charge is 0.0342 e. The van der Waals surface area contributed by atoms with Gasteiger partial charge in [0.15, 0.2) is 0 Å². The van der Waals surface area contributed by atoms with E-state index in [0.717, 1.165) is 0 Å². The molecule has 0 heterocycles. The van der Waals surface area contributed by atoms with E-state index in [1.165, 1.54) is 5.69 Å². The maximum Gasteiger partial charge on any atom is 0.0342 e. The number of anilines is 1. The van der Waals surface area contributed by atoms with Gasteiger partial charge in [-0.15, -0.1) is 0 Å². The van der Waals surface area contributed by atoms with E-state index in [1.54, 1.807) is 0 Å². The average molecular weight is 167 g/mol. The van der Waals surface area contributed by atoms with Crippen LogP contribution in [0.15, 0.2) is 30.3 Å². The minimum Gasteiger partial charge on any atom is -0.383 e. The van der Waals surface area contributed by atoms with Gasteiger partial charge in [-0.25, -0.2) is 0 Å². The quantitative estimate of drug-likeness (QED) is 0.707. The Morgan fingerprint density at radius 3 is 2.00 bits per heavy atom. The standard InChI is InChI=1S/C9H13N.C2H6.H2/c1-8(2)10-9-6-4-3-5-7-9;1-2;/h3-8,10H,1-2H3;1-2H3;1H. The molecule has 1 N–H and O–H groups in total. The predicted octanol–water partition coefficient (Wildman–Crippen LogP) is 3.78. The van der Waals surface area contributed by atoms with Crippen LogP contribution in [0.5, 0.6) is 0 Å². The lowest BCUT2D eigenvalue weighted by Crippen LogP contribution is -2.08. The Morgan fingerprint density at radius 1 is 1.08 bits per heavy atom. The summed E-state index contributed by atoms with van der Waals surface area (Å²) in [5, 5.41) is 3.30. The van der Waals surface area contributed by atoms with E-state index in [9.17, 15) is 0 Å². The highest BCUT2D eigenvalue weighted by Gasteiger charge is 1.90. The van der Waals surface area contributed by atoms with Crippen LogP contribution in [0.4, 0.5) is 5.69 Å². The van der Waals surface area contributed by atoms with E-state index in [-0.39, 0.29) is 1.43 Å². The van der Waals surface area contributed by atoms with Crippen LogP contribution in [0, 0.1) is 0 Å². The van der Waals surface area contributed by atoms with E-state index in [0.29, 0.717) is 6.04 Å². The lowest BCUT2D eigenvalue weighted by atomic mass is 10.3. The fourth-order valence-corrected chi connectivity index (χ4v) is 0.868. The first kappa shape index (κ1) is 11.0. The first-order valence-corrected chi connectivity index (χ1v) is 4.60. The second kappa shape index (κ2) is 6.71. The topological polar surface area (TPSA) is 12.0 Å². The van der Waals surface area contributed by atoms with E-state index in [2.05, 4.69) is 31.3 Å². The van der Waals surface area contributed by atoms with Crippen molar-refractivity contribution in [3.8, 4) is 0 Å². The third-order valence-electron chi connectivity index (χ3n) is 1.23. The van der Waals surface area contributed by atoms with Crippen molar-refractivity contribution in [1.29, 1.82) is 0 Å². The number of para-hydroxylation sites is 1. The number of nitrogens with one attached hydrogen (secondary N) is 1. The molecule has 0 amide bonds. The summed E-state index contributed by atoms with van der Waals surface area (Å²) in [5.41, 5.74) is 1.19. The van der Waals surface area contributed by atoms with E-state index in [1.807, 2.05) is 32.0 Å². The largest absolute Gasteiger partial charge is 0.383 e. The first-order valence-electron chi connectivity index (χ1n) is 4.60. The zero-order chi connectivity index (χ0) is 9.40. The molecule has 0 aliphatic heterocycles. The van der Waals surface area contributed by atoms with Gasteiger partial charge in [0, 0.05) is 13.2 Å². The molecule has 1 aromatic rings. The molecule has 0 aliphatic carbocycles. The molecule has 1 rings (SSSR count). The second-order valence-electron chi connectivity index (χ2n) is 2.67. The van der Waals surface area contributed by atoms with Gasteiger partial charge in [-0.1, -0.05) is 32.0 Å². The molecular formula is C11H21N. The van der Waals surface area contributed by atoms with Gasteiger partial charge in [0.1, 0.15) is 0 Å². The lowest BCUT2D eigenvalue weighted by molar-refractivity contribution is 0.900. The molecular weight excluding hydrogens is 146 g/mol. The van der Waals surface area contributed by atoms with E-state index < -0.39 is 0 Å². The van der Waals surface area contributed by atoms with Crippen molar-refractivity contribution in [1.82, 2.24) is 0 Å². The number of hydrogen-bond acceptors (Lipinski definition) is 1. The number of hydrogen-bond donors (Lipinski definition) is 1. The highest BCUT2D eigenvalue weighted by atomic mass is 14.9. The van der Waals surface area contributed by atoms with Crippen LogP contribution in [0.25, 0.3) is 0 Å². The van der Waals surface area contributed by atoms with Crippen LogP contribution in [-0.4, -0.2) is 6.04 Å². The maximum atomic E-state index is 3.30. The van der Waals surface area contributed by atoms with Crippen LogP contribution in [0.2, 0.25) is 0 Å². The third kappa shape index (κ3) is 4.78. The number of rotatable bonds is 2. The second-order valence-corrected chi connectivity index (χ2v) is 2.67. The Hall–Kier alpha value is -0.980. The molecule has 70 valence electrons. The Labute approximate surface area is 77.3 Å². The Bertz CT molecular complexity index is 185. The summed E-state index contributed by atoms with van der Waals surface area (Å²) in [6.07, 6.45) is 0. The molecule has 0 fully saturated rings. The van der Waals surface area contributed by atoms with E-state index in [4.69, 9.17) is 0 Å². The fraction of sp³-hybridized carbons (Fsp3) is 0.455. The van der Waals surface area contributed by atoms with Crippen molar-refractivity contribution in [2.75, 3.05) is 5.32 Å². The highest BCUT2D eigenvalue weighted by molar-refractivity contribution is 5.42. The fourth-order valence-electron chi connectivity index (χ4n) is 0.868. The van der Waals surface area contributed by atoms with Gasteiger partial charge in [-0.05, 0) is 26.0 Å². The van der Waals surface area contributed by atoms with Crippen molar-refractivity contribution in [3.63, 3.8) is 0 Å². The van der Waals surface area contributed by atoms with Gasteiger partial charge in [0.2, 0.25) is 0 Å². The zero-order valence-electron chi connectivity index (χ0n) is 8.46. The molecule has 1 heteroatoms. The Kier molecular flexibility index (Phi) is 6.16. The summed E-state index contributed by atoms with van der Waals surface area (Å²) in [7, 11) is 0. The maximum absolute atomic E-state index is 3.30. The lowest BCUT2D eigenvalue weighted by Gasteiger charge is -2.08. The van der Waals surface area contributed by atoms with E-state index >= 15 is 0 Å². The summed E-state index contributed by atoms with van der Waals surface area (Å²) < 4.78 is 0. The normalized spacial score (nSPS) is 8.75. The molecule has 0 bridgehead atoms. The Morgan fingerprint density at radius 2 is 1.58 bits per heavy atom. The summed E-state index contributed by atoms with van der Waals surface area (Å²) >= 11 is 0. The van der Waals surface area contributed by atoms with Crippen LogP contribution in [-0.2, 0) is 0 Å². The SMILES string of the molecule is CC.CC(C)Nc1ccccc1.[HH]. The molecule has 0 unspecified atom stereocenters. The van der Waals surface area contributed by atoms with Gasteiger partial charge in [0.05, 0.1) is 0 Å². The molecule has 0 atom stereocenters. The van der Waals surface area contributed by atoms with Crippen LogP contribution >= 0.6 is 0 Å².